The molecule has 0 atom stereocenters. The molecule has 0 spiro atoms. The molecule has 17 heavy (non-hydrogen) atoms. The minimum atomic E-state index is -0.966. The second kappa shape index (κ2) is 7.85. The van der Waals surface area contributed by atoms with E-state index < -0.39 is 5.97 Å². The Morgan fingerprint density at radius 3 is 2.53 bits per heavy atom. The Labute approximate surface area is 103 Å². The van der Waals surface area contributed by atoms with Crippen molar-refractivity contribution in [3.05, 3.63) is 35.9 Å². The van der Waals surface area contributed by atoms with Crippen LogP contribution in [0.25, 0.3) is 0 Å². The number of aliphatic carboxylic acids is 1. The summed E-state index contributed by atoms with van der Waals surface area (Å²) in [4.78, 5) is 12.5. The number of hydrogen-bond donors (Lipinski definition) is 0. The Bertz CT molecular complexity index is 324. The molecule has 0 aliphatic carbocycles. The van der Waals surface area contributed by atoms with Crippen LogP contribution < -0.4 is 5.11 Å². The molecule has 0 aliphatic rings. The fraction of sp³-hybridized carbons (Fsp3) is 0.500. The summed E-state index contributed by atoms with van der Waals surface area (Å²) in [5.74, 6) is -0.966. The maximum absolute atomic E-state index is 10.4. The van der Waals surface area contributed by atoms with Gasteiger partial charge in [0.05, 0.1) is 0 Å². The van der Waals surface area contributed by atoms with E-state index in [2.05, 4.69) is 24.0 Å². The fourth-order valence-electron chi connectivity index (χ4n) is 1.83. The van der Waals surface area contributed by atoms with Crippen molar-refractivity contribution in [2.75, 3.05) is 19.6 Å². The van der Waals surface area contributed by atoms with E-state index in [1.165, 1.54) is 5.56 Å². The molecular weight excluding hydrogens is 214 g/mol. The number of hydrogen-bond acceptors (Lipinski definition) is 3. The van der Waals surface area contributed by atoms with Gasteiger partial charge < -0.3 is 14.8 Å². The molecule has 0 fully saturated rings. The third-order valence-electron chi connectivity index (χ3n) is 2.86. The monoisotopic (exact) mass is 234 g/mol. The van der Waals surface area contributed by atoms with Crippen LogP contribution in [0, 0.1) is 0 Å². The van der Waals surface area contributed by atoms with Gasteiger partial charge in [0.1, 0.15) is 0 Å². The van der Waals surface area contributed by atoms with E-state index in [0.717, 1.165) is 25.9 Å². The maximum Gasteiger partial charge on any atom is 0.0427 e. The summed E-state index contributed by atoms with van der Waals surface area (Å²) >= 11 is 0. The van der Waals surface area contributed by atoms with Crippen molar-refractivity contribution >= 4 is 5.97 Å². The summed E-state index contributed by atoms with van der Waals surface area (Å²) in [5.41, 5.74) is 1.34. The second-order valence-corrected chi connectivity index (χ2v) is 4.15. The van der Waals surface area contributed by atoms with Crippen molar-refractivity contribution in [2.24, 2.45) is 0 Å². The molecule has 0 saturated heterocycles. The van der Waals surface area contributed by atoms with Gasteiger partial charge in [0.2, 0.25) is 0 Å². The lowest BCUT2D eigenvalue weighted by Gasteiger charge is -2.20. The molecule has 94 valence electrons. The van der Waals surface area contributed by atoms with Gasteiger partial charge in [-0.1, -0.05) is 37.3 Å². The average Bonchev–Trinajstić information content (AvgIpc) is 2.34. The maximum atomic E-state index is 10.4. The minimum Gasteiger partial charge on any atom is -0.550 e. The SMILES string of the molecule is CCN(CCCc1ccccc1)CCC(=O)[O-]. The van der Waals surface area contributed by atoms with Crippen LogP contribution in [-0.2, 0) is 11.2 Å². The van der Waals surface area contributed by atoms with Gasteiger partial charge in [-0.2, -0.15) is 0 Å². The zero-order chi connectivity index (χ0) is 12.5. The van der Waals surface area contributed by atoms with Crippen LogP contribution in [0.15, 0.2) is 30.3 Å². The molecular formula is C14H20NO2-. The summed E-state index contributed by atoms with van der Waals surface area (Å²) in [6, 6.07) is 10.3. The van der Waals surface area contributed by atoms with Crippen LogP contribution in [0.3, 0.4) is 0 Å². The molecule has 0 saturated carbocycles. The predicted octanol–water partition coefficient (Wildman–Crippen LogP) is 1.08. The van der Waals surface area contributed by atoms with Crippen LogP contribution in [0.4, 0.5) is 0 Å². The Hall–Kier alpha value is -1.35. The first-order valence-electron chi connectivity index (χ1n) is 6.18. The van der Waals surface area contributed by atoms with Crippen LogP contribution in [-0.4, -0.2) is 30.5 Å². The summed E-state index contributed by atoms with van der Waals surface area (Å²) in [6.45, 7) is 4.48. The molecule has 3 heteroatoms. The molecule has 0 aromatic heterocycles. The number of carbonyl (C=O) groups is 1. The largest absolute Gasteiger partial charge is 0.550 e. The molecule has 0 radical (unpaired) electrons. The van der Waals surface area contributed by atoms with Crippen LogP contribution >= 0.6 is 0 Å². The van der Waals surface area contributed by atoms with Crippen LogP contribution in [0.5, 0.6) is 0 Å². The van der Waals surface area contributed by atoms with Gasteiger partial charge in [0.15, 0.2) is 0 Å². The number of benzene rings is 1. The van der Waals surface area contributed by atoms with Gasteiger partial charge in [-0.15, -0.1) is 0 Å². The van der Waals surface area contributed by atoms with E-state index in [-0.39, 0.29) is 6.42 Å². The lowest BCUT2D eigenvalue weighted by Crippen LogP contribution is -2.32. The number of carbonyl (C=O) groups excluding carboxylic acids is 1. The minimum absolute atomic E-state index is 0.124. The van der Waals surface area contributed by atoms with Crippen molar-refractivity contribution < 1.29 is 9.90 Å². The van der Waals surface area contributed by atoms with Gasteiger partial charge in [0, 0.05) is 12.5 Å². The highest BCUT2D eigenvalue weighted by Gasteiger charge is 2.02. The first-order chi connectivity index (χ1) is 8.22. The number of carboxylic acid groups (broad SMARTS) is 1. The van der Waals surface area contributed by atoms with Gasteiger partial charge in [-0.05, 0) is 37.9 Å². The van der Waals surface area contributed by atoms with Crippen molar-refractivity contribution in [1.82, 2.24) is 4.90 Å². The average molecular weight is 234 g/mol. The second-order valence-electron chi connectivity index (χ2n) is 4.15. The summed E-state index contributed by atoms with van der Waals surface area (Å²) < 4.78 is 0. The summed E-state index contributed by atoms with van der Waals surface area (Å²) in [6.07, 6.45) is 2.23. The Balaban J connectivity index is 2.21. The van der Waals surface area contributed by atoms with E-state index in [4.69, 9.17) is 0 Å². The Kier molecular flexibility index (Phi) is 6.33. The summed E-state index contributed by atoms with van der Waals surface area (Å²) in [5, 5.41) is 10.4. The highest BCUT2D eigenvalue weighted by atomic mass is 16.4. The molecule has 0 heterocycles. The molecule has 0 aliphatic heterocycles. The molecule has 0 unspecified atom stereocenters. The normalized spacial score (nSPS) is 10.7. The Morgan fingerprint density at radius 2 is 1.94 bits per heavy atom. The number of aryl methyl sites for hydroxylation is 1. The molecule has 1 aromatic carbocycles. The smallest absolute Gasteiger partial charge is 0.0427 e. The Morgan fingerprint density at radius 1 is 1.24 bits per heavy atom. The zero-order valence-electron chi connectivity index (χ0n) is 10.4. The number of rotatable bonds is 8. The number of nitrogens with zero attached hydrogens (tertiary/aromatic N) is 1. The van der Waals surface area contributed by atoms with Crippen molar-refractivity contribution in [3.8, 4) is 0 Å². The quantitative estimate of drug-likeness (QED) is 0.676. The molecule has 0 N–H and O–H groups in total. The van der Waals surface area contributed by atoms with Crippen molar-refractivity contribution in [2.45, 2.75) is 26.2 Å². The zero-order valence-corrected chi connectivity index (χ0v) is 10.4. The van der Waals surface area contributed by atoms with Crippen molar-refractivity contribution in [3.63, 3.8) is 0 Å². The first kappa shape index (κ1) is 13.7. The lowest BCUT2D eigenvalue weighted by molar-refractivity contribution is -0.305. The topological polar surface area (TPSA) is 43.4 Å². The highest BCUT2D eigenvalue weighted by Crippen LogP contribution is 2.03. The van der Waals surface area contributed by atoms with E-state index >= 15 is 0 Å². The third-order valence-corrected chi connectivity index (χ3v) is 2.86. The third kappa shape index (κ3) is 6.07. The lowest BCUT2D eigenvalue weighted by atomic mass is 10.1. The van der Waals surface area contributed by atoms with E-state index in [1.807, 2.05) is 18.2 Å². The van der Waals surface area contributed by atoms with Gasteiger partial charge in [0.25, 0.3) is 0 Å². The van der Waals surface area contributed by atoms with Gasteiger partial charge in [-0.25, -0.2) is 0 Å². The van der Waals surface area contributed by atoms with Crippen LogP contribution in [0.1, 0.15) is 25.3 Å². The first-order valence-corrected chi connectivity index (χ1v) is 6.18. The molecule has 0 bridgehead atoms. The van der Waals surface area contributed by atoms with Gasteiger partial charge in [-0.3, -0.25) is 0 Å². The fourth-order valence-corrected chi connectivity index (χ4v) is 1.83. The molecule has 1 aromatic rings. The van der Waals surface area contributed by atoms with E-state index in [0.29, 0.717) is 6.54 Å². The van der Waals surface area contributed by atoms with Crippen molar-refractivity contribution in [1.29, 1.82) is 0 Å². The highest BCUT2D eigenvalue weighted by molar-refractivity contribution is 5.64. The summed E-state index contributed by atoms with van der Waals surface area (Å²) in [7, 11) is 0. The molecule has 3 nitrogen and oxygen atoms in total. The van der Waals surface area contributed by atoms with Crippen LogP contribution in [0.2, 0.25) is 0 Å². The van der Waals surface area contributed by atoms with E-state index in [1.54, 1.807) is 0 Å². The van der Waals surface area contributed by atoms with E-state index in [9.17, 15) is 9.90 Å². The predicted molar refractivity (Wildman–Crippen MR) is 66.5 cm³/mol. The van der Waals surface area contributed by atoms with Gasteiger partial charge >= 0.3 is 0 Å². The standard InChI is InChI=1S/C14H21NO2/c1-2-15(12-10-14(16)17)11-6-9-13-7-4-3-5-8-13/h3-5,7-8H,2,6,9-12H2,1H3,(H,16,17)/p-1. The number of carboxylic acids is 1. The molecule has 1 rings (SSSR count). The molecule has 0 amide bonds.